The molecule has 7 heteroatoms. The molecule has 3 N–H and O–H groups in total. The van der Waals surface area contributed by atoms with Crippen molar-refractivity contribution in [2.45, 2.75) is 12.8 Å². The lowest BCUT2D eigenvalue weighted by molar-refractivity contribution is -0.116. The van der Waals surface area contributed by atoms with Gasteiger partial charge in [0.15, 0.2) is 0 Å². The largest absolute Gasteiger partial charge is 0.490 e. The predicted octanol–water partition coefficient (Wildman–Crippen LogP) is 5.77. The molecule has 0 radical (unpaired) electrons. The molecule has 0 spiro atoms. The van der Waals surface area contributed by atoms with Crippen LogP contribution in [0.2, 0.25) is 0 Å². The van der Waals surface area contributed by atoms with Gasteiger partial charge in [-0.1, -0.05) is 54.6 Å². The fourth-order valence-electron chi connectivity index (χ4n) is 3.68. The summed E-state index contributed by atoms with van der Waals surface area (Å²) in [5.74, 6) is 1.25. The van der Waals surface area contributed by atoms with Crippen molar-refractivity contribution >= 4 is 28.9 Å². The number of hydrogen-bond acceptors (Lipinski definition) is 5. The monoisotopic (exact) mass is 509 g/mol. The van der Waals surface area contributed by atoms with Gasteiger partial charge in [0.2, 0.25) is 11.8 Å². The van der Waals surface area contributed by atoms with Crippen molar-refractivity contribution in [3.63, 3.8) is 0 Å². The van der Waals surface area contributed by atoms with Crippen molar-refractivity contribution in [3.8, 4) is 11.5 Å². The highest BCUT2D eigenvalue weighted by atomic mass is 16.5. The number of benzene rings is 4. The molecule has 0 aromatic heterocycles. The molecule has 0 fully saturated rings. The number of ether oxygens (including phenoxy) is 2. The number of para-hydroxylation sites is 1. The van der Waals surface area contributed by atoms with Gasteiger partial charge in [0.05, 0.1) is 6.54 Å². The van der Waals surface area contributed by atoms with Crippen LogP contribution in [0.5, 0.6) is 11.5 Å². The van der Waals surface area contributed by atoms with Crippen molar-refractivity contribution in [1.29, 1.82) is 0 Å². The molecule has 0 heterocycles. The summed E-state index contributed by atoms with van der Waals surface area (Å²) >= 11 is 0. The lowest BCUT2D eigenvalue weighted by Crippen LogP contribution is -2.21. The maximum absolute atomic E-state index is 12.4. The maximum Gasteiger partial charge on any atom is 0.243 e. The Bertz CT molecular complexity index is 1300. The van der Waals surface area contributed by atoms with Gasteiger partial charge < -0.3 is 25.4 Å². The van der Waals surface area contributed by atoms with E-state index >= 15 is 0 Å². The maximum atomic E-state index is 12.4. The molecule has 0 aliphatic heterocycles. The van der Waals surface area contributed by atoms with Crippen LogP contribution in [0, 0.1) is 0 Å². The normalized spacial score (nSPS) is 10.3. The summed E-state index contributed by atoms with van der Waals surface area (Å²) in [6.07, 6.45) is 1.09. The second-order valence-corrected chi connectivity index (χ2v) is 8.55. The average molecular weight is 510 g/mol. The highest BCUT2D eigenvalue weighted by molar-refractivity contribution is 5.94. The number of rotatable bonds is 13. The Morgan fingerprint density at radius 1 is 0.579 bits per heavy atom. The van der Waals surface area contributed by atoms with E-state index in [9.17, 15) is 9.59 Å². The summed E-state index contributed by atoms with van der Waals surface area (Å²) in [6.45, 7) is 0.932. The first-order valence-electron chi connectivity index (χ1n) is 12.5. The standard InChI is InChI=1S/C31H31N3O4/c35-30(19-14-24-8-3-1-4-9-24)33-25-15-17-26(18-16-25)34-31(36)23-32-27-10-7-13-29(22-27)38-21-20-37-28-11-5-2-6-12-28/h1-13,15-18,22,32H,14,19-21,23H2,(H,33,35)(H,34,36). The fourth-order valence-corrected chi connectivity index (χ4v) is 3.68. The number of nitrogens with one attached hydrogen (secondary N) is 3. The van der Waals surface area contributed by atoms with Crippen molar-refractivity contribution < 1.29 is 19.1 Å². The zero-order chi connectivity index (χ0) is 26.4. The molecule has 0 saturated carbocycles. The summed E-state index contributed by atoms with van der Waals surface area (Å²) in [5, 5.41) is 8.84. The molecule has 0 saturated heterocycles. The van der Waals surface area contributed by atoms with E-state index in [1.54, 1.807) is 24.3 Å². The Morgan fingerprint density at radius 2 is 1.16 bits per heavy atom. The Balaban J connectivity index is 1.15. The third kappa shape index (κ3) is 9.02. The smallest absolute Gasteiger partial charge is 0.243 e. The van der Waals surface area contributed by atoms with E-state index < -0.39 is 0 Å². The Hall–Kier alpha value is -4.78. The van der Waals surface area contributed by atoms with Crippen LogP contribution in [-0.2, 0) is 16.0 Å². The van der Waals surface area contributed by atoms with Crippen molar-refractivity contribution in [1.82, 2.24) is 0 Å². The summed E-state index contributed by atoms with van der Waals surface area (Å²) in [5.41, 5.74) is 3.23. The Morgan fingerprint density at radius 3 is 1.84 bits per heavy atom. The zero-order valence-electron chi connectivity index (χ0n) is 21.1. The van der Waals surface area contributed by atoms with Crippen LogP contribution in [0.3, 0.4) is 0 Å². The fraction of sp³-hybridized carbons (Fsp3) is 0.161. The Kier molecular flexibility index (Phi) is 9.74. The summed E-state index contributed by atoms with van der Waals surface area (Å²) in [6, 6.07) is 34.0. The first kappa shape index (κ1) is 26.3. The molecular formula is C31H31N3O4. The average Bonchev–Trinajstić information content (AvgIpc) is 2.96. The molecule has 0 bridgehead atoms. The Labute approximate surface area is 222 Å². The summed E-state index contributed by atoms with van der Waals surface area (Å²) in [4.78, 5) is 24.6. The predicted molar refractivity (Wildman–Crippen MR) is 151 cm³/mol. The molecule has 4 aromatic rings. The van der Waals surface area contributed by atoms with Gasteiger partial charge in [-0.15, -0.1) is 0 Å². The minimum atomic E-state index is -0.188. The van der Waals surface area contributed by atoms with Gasteiger partial charge in [0.1, 0.15) is 24.7 Å². The van der Waals surface area contributed by atoms with Crippen LogP contribution in [0.25, 0.3) is 0 Å². The van der Waals surface area contributed by atoms with Crippen LogP contribution in [0.15, 0.2) is 109 Å². The molecule has 194 valence electrons. The van der Waals surface area contributed by atoms with E-state index in [-0.39, 0.29) is 18.4 Å². The molecule has 0 unspecified atom stereocenters. The van der Waals surface area contributed by atoms with E-state index in [0.717, 1.165) is 17.0 Å². The minimum Gasteiger partial charge on any atom is -0.490 e. The topological polar surface area (TPSA) is 88.7 Å². The van der Waals surface area contributed by atoms with Crippen LogP contribution < -0.4 is 25.4 Å². The van der Waals surface area contributed by atoms with E-state index in [1.165, 1.54) is 0 Å². The highest BCUT2D eigenvalue weighted by Crippen LogP contribution is 2.18. The van der Waals surface area contributed by atoms with Gasteiger partial charge in [0.25, 0.3) is 0 Å². The van der Waals surface area contributed by atoms with Gasteiger partial charge in [-0.05, 0) is 60.5 Å². The van der Waals surface area contributed by atoms with Gasteiger partial charge in [-0.25, -0.2) is 0 Å². The van der Waals surface area contributed by atoms with E-state index in [0.29, 0.717) is 43.2 Å². The number of aryl methyl sites for hydroxylation is 1. The third-order valence-electron chi connectivity index (χ3n) is 5.59. The molecule has 0 aliphatic carbocycles. The molecule has 7 nitrogen and oxygen atoms in total. The third-order valence-corrected chi connectivity index (χ3v) is 5.59. The number of carbonyl (C=O) groups excluding carboxylic acids is 2. The van der Waals surface area contributed by atoms with Gasteiger partial charge in [0, 0.05) is 29.5 Å². The zero-order valence-corrected chi connectivity index (χ0v) is 21.1. The SMILES string of the molecule is O=C(CCc1ccccc1)Nc1ccc(NC(=O)CNc2cccc(OCCOc3ccccc3)c2)cc1. The first-order chi connectivity index (χ1) is 18.6. The van der Waals surface area contributed by atoms with Gasteiger partial charge in [-0.2, -0.15) is 0 Å². The van der Waals surface area contributed by atoms with Crippen LogP contribution in [0.4, 0.5) is 17.1 Å². The molecular weight excluding hydrogens is 478 g/mol. The molecule has 0 atom stereocenters. The van der Waals surface area contributed by atoms with Crippen molar-refractivity contribution in [2.75, 3.05) is 35.7 Å². The molecule has 4 aromatic carbocycles. The molecule has 2 amide bonds. The van der Waals surface area contributed by atoms with E-state index in [4.69, 9.17) is 9.47 Å². The van der Waals surface area contributed by atoms with Crippen LogP contribution in [-0.4, -0.2) is 31.6 Å². The van der Waals surface area contributed by atoms with Gasteiger partial charge in [-0.3, -0.25) is 9.59 Å². The van der Waals surface area contributed by atoms with Crippen molar-refractivity contribution in [2.24, 2.45) is 0 Å². The number of anilines is 3. The summed E-state index contributed by atoms with van der Waals surface area (Å²) < 4.78 is 11.4. The second-order valence-electron chi connectivity index (χ2n) is 8.55. The van der Waals surface area contributed by atoms with Crippen LogP contribution >= 0.6 is 0 Å². The lowest BCUT2D eigenvalue weighted by atomic mass is 10.1. The van der Waals surface area contributed by atoms with Gasteiger partial charge >= 0.3 is 0 Å². The quantitative estimate of drug-likeness (QED) is 0.199. The van der Waals surface area contributed by atoms with Crippen LogP contribution in [0.1, 0.15) is 12.0 Å². The second kappa shape index (κ2) is 14.1. The number of amides is 2. The van der Waals surface area contributed by atoms with E-state index in [1.807, 2.05) is 84.9 Å². The lowest BCUT2D eigenvalue weighted by Gasteiger charge is -2.11. The number of hydrogen-bond donors (Lipinski definition) is 3. The van der Waals surface area contributed by atoms with E-state index in [2.05, 4.69) is 16.0 Å². The number of carbonyl (C=O) groups is 2. The molecule has 0 aliphatic rings. The first-order valence-corrected chi connectivity index (χ1v) is 12.5. The molecule has 38 heavy (non-hydrogen) atoms. The highest BCUT2D eigenvalue weighted by Gasteiger charge is 2.06. The minimum absolute atomic E-state index is 0.0511. The van der Waals surface area contributed by atoms with Crippen molar-refractivity contribution in [3.05, 3.63) is 115 Å². The summed E-state index contributed by atoms with van der Waals surface area (Å²) in [7, 11) is 0. The molecule has 4 rings (SSSR count).